The highest BCUT2D eigenvalue weighted by molar-refractivity contribution is 6.19. The van der Waals surface area contributed by atoms with Crippen molar-refractivity contribution >= 4 is 32.3 Å². The Bertz CT molecular complexity index is 3190. The van der Waals surface area contributed by atoms with Gasteiger partial charge in [0.1, 0.15) is 0 Å². The molecule has 1 aliphatic carbocycles. The van der Waals surface area contributed by atoms with Crippen molar-refractivity contribution < 1.29 is 0 Å². The van der Waals surface area contributed by atoms with E-state index in [9.17, 15) is 0 Å². The summed E-state index contributed by atoms with van der Waals surface area (Å²) in [4.78, 5) is 10.9. The van der Waals surface area contributed by atoms with Gasteiger partial charge in [-0.15, -0.1) is 0 Å². The van der Waals surface area contributed by atoms with Gasteiger partial charge in [-0.3, -0.25) is 0 Å². The van der Waals surface area contributed by atoms with Crippen LogP contribution in [0.2, 0.25) is 0 Å². The summed E-state index contributed by atoms with van der Waals surface area (Å²) in [5.74, 6) is 0.714. The van der Waals surface area contributed by atoms with E-state index >= 15 is 0 Å². The van der Waals surface area contributed by atoms with Gasteiger partial charge in [0.25, 0.3) is 0 Å². The van der Waals surface area contributed by atoms with Crippen LogP contribution in [0.25, 0.3) is 99.6 Å². The van der Waals surface area contributed by atoms with Gasteiger partial charge in [-0.1, -0.05) is 190 Å². The van der Waals surface area contributed by atoms with Crippen LogP contribution in [0.1, 0.15) is 25.0 Å². The van der Waals surface area contributed by atoms with Gasteiger partial charge >= 0.3 is 0 Å². The highest BCUT2D eigenvalue weighted by atomic mass is 14.9. The van der Waals surface area contributed by atoms with Crippen LogP contribution in [0.4, 0.5) is 0 Å². The monoisotopic (exact) mass is 726 g/mol. The molecule has 1 aliphatic rings. The molecule has 2 nitrogen and oxygen atoms in total. The van der Waals surface area contributed by atoms with Crippen LogP contribution >= 0.6 is 0 Å². The number of nitrogens with zero attached hydrogens (tertiary/aromatic N) is 2. The van der Waals surface area contributed by atoms with Crippen LogP contribution < -0.4 is 0 Å². The third-order valence-electron chi connectivity index (χ3n) is 12.1. The number of rotatable bonds is 5. The van der Waals surface area contributed by atoms with Crippen molar-refractivity contribution in [1.82, 2.24) is 9.97 Å². The van der Waals surface area contributed by atoms with Crippen molar-refractivity contribution in [3.05, 3.63) is 205 Å². The minimum atomic E-state index is -0.0155. The average Bonchev–Trinajstić information content (AvgIpc) is 3.51. The third kappa shape index (κ3) is 5.40. The summed E-state index contributed by atoms with van der Waals surface area (Å²) in [5, 5.41) is 7.09. The molecule has 0 bridgehead atoms. The summed E-state index contributed by atoms with van der Waals surface area (Å²) < 4.78 is 0. The second-order valence-corrected chi connectivity index (χ2v) is 15.7. The summed E-state index contributed by atoms with van der Waals surface area (Å²) in [6, 6.07) is 70.1. The van der Waals surface area contributed by atoms with Crippen LogP contribution in [-0.2, 0) is 5.41 Å². The first kappa shape index (κ1) is 33.2. The quantitative estimate of drug-likeness (QED) is 0.130. The van der Waals surface area contributed by atoms with Crippen LogP contribution in [-0.4, -0.2) is 9.97 Å². The SMILES string of the molecule is CC1(C)c2ccccc2-c2cc(-c3ccc(-c4cc(-c5ccccc5-c5ccccc5)nc(-c5c6ccccc6cc6c5ccc5ccccc56)n4)cc3)ccc21. The van der Waals surface area contributed by atoms with Gasteiger partial charge in [-0.2, -0.15) is 0 Å². The van der Waals surface area contributed by atoms with E-state index in [1.807, 2.05) is 0 Å². The molecule has 10 aromatic rings. The van der Waals surface area contributed by atoms with Gasteiger partial charge in [0.05, 0.1) is 11.4 Å². The van der Waals surface area contributed by atoms with Crippen molar-refractivity contribution in [3.63, 3.8) is 0 Å². The second-order valence-electron chi connectivity index (χ2n) is 15.7. The number of aromatic nitrogens is 2. The first-order valence-electron chi connectivity index (χ1n) is 19.7. The van der Waals surface area contributed by atoms with E-state index in [1.165, 1.54) is 54.9 Å². The maximum absolute atomic E-state index is 5.48. The summed E-state index contributed by atoms with van der Waals surface area (Å²) in [6.45, 7) is 4.66. The molecule has 0 amide bonds. The van der Waals surface area contributed by atoms with Crippen molar-refractivity contribution in [1.29, 1.82) is 0 Å². The van der Waals surface area contributed by atoms with E-state index in [1.54, 1.807) is 0 Å². The smallest absolute Gasteiger partial charge is 0.161 e. The Morgan fingerprint density at radius 2 is 0.947 bits per heavy atom. The van der Waals surface area contributed by atoms with E-state index in [0.29, 0.717) is 5.82 Å². The van der Waals surface area contributed by atoms with E-state index in [2.05, 4.69) is 208 Å². The number of hydrogen-bond donors (Lipinski definition) is 0. The molecule has 1 heterocycles. The summed E-state index contributed by atoms with van der Waals surface area (Å²) in [5.41, 5.74) is 15.0. The van der Waals surface area contributed by atoms with Crippen LogP contribution in [0.5, 0.6) is 0 Å². The molecule has 0 unspecified atom stereocenters. The highest BCUT2D eigenvalue weighted by Gasteiger charge is 2.35. The molecule has 57 heavy (non-hydrogen) atoms. The fourth-order valence-electron chi connectivity index (χ4n) is 9.22. The molecular weight excluding hydrogens is 689 g/mol. The molecule has 0 fully saturated rings. The maximum atomic E-state index is 5.48. The van der Waals surface area contributed by atoms with Gasteiger partial charge in [0.2, 0.25) is 0 Å². The lowest BCUT2D eigenvalue weighted by atomic mass is 9.82. The molecule has 0 atom stereocenters. The zero-order valence-corrected chi connectivity index (χ0v) is 31.9. The topological polar surface area (TPSA) is 25.8 Å². The van der Waals surface area contributed by atoms with Gasteiger partial charge in [0.15, 0.2) is 5.82 Å². The van der Waals surface area contributed by atoms with Crippen molar-refractivity contribution in [2.24, 2.45) is 0 Å². The minimum Gasteiger partial charge on any atom is -0.228 e. The van der Waals surface area contributed by atoms with Crippen molar-refractivity contribution in [3.8, 4) is 67.3 Å². The average molecular weight is 727 g/mol. The molecule has 2 heteroatoms. The summed E-state index contributed by atoms with van der Waals surface area (Å²) in [6.07, 6.45) is 0. The minimum absolute atomic E-state index is 0.0155. The second kappa shape index (κ2) is 13.0. The zero-order valence-electron chi connectivity index (χ0n) is 31.9. The first-order chi connectivity index (χ1) is 28.0. The molecule has 0 spiro atoms. The van der Waals surface area contributed by atoms with Crippen LogP contribution in [0, 0.1) is 0 Å². The molecule has 268 valence electrons. The molecule has 0 aliphatic heterocycles. The van der Waals surface area contributed by atoms with Gasteiger partial charge in [0, 0.05) is 22.1 Å². The van der Waals surface area contributed by atoms with Crippen LogP contribution in [0.3, 0.4) is 0 Å². The maximum Gasteiger partial charge on any atom is 0.161 e. The van der Waals surface area contributed by atoms with Crippen molar-refractivity contribution in [2.75, 3.05) is 0 Å². The van der Waals surface area contributed by atoms with Gasteiger partial charge < -0.3 is 0 Å². The fraction of sp³-hybridized carbons (Fsp3) is 0.0545. The molecule has 0 N–H and O–H groups in total. The molecular formula is C55H38N2. The molecule has 0 radical (unpaired) electrons. The highest BCUT2D eigenvalue weighted by Crippen LogP contribution is 2.49. The van der Waals surface area contributed by atoms with Crippen molar-refractivity contribution in [2.45, 2.75) is 19.3 Å². The van der Waals surface area contributed by atoms with Gasteiger partial charge in [-0.05, 0) is 95.0 Å². The van der Waals surface area contributed by atoms with E-state index in [0.717, 1.165) is 50.0 Å². The Hall–Kier alpha value is -7.16. The Morgan fingerprint density at radius 3 is 1.77 bits per heavy atom. The largest absolute Gasteiger partial charge is 0.228 e. The standard InChI is InChI=1S/C55H38N2/c1-55(2)49-23-13-12-21-44(49)48-32-39(29-31-50(48)55)35-24-26-38(27-25-35)51-34-52(45-22-11-10-18-41(45)36-14-4-3-5-15-36)57-54(56-51)53-43-20-9-7-17-40(43)33-47-42-19-8-6-16-37(42)28-30-46(47)53/h3-34H,1-2H3. The third-order valence-corrected chi connectivity index (χ3v) is 12.1. The lowest BCUT2D eigenvalue weighted by molar-refractivity contribution is 0.660. The normalized spacial score (nSPS) is 12.9. The summed E-state index contributed by atoms with van der Waals surface area (Å²) >= 11 is 0. The lowest BCUT2D eigenvalue weighted by Crippen LogP contribution is -2.14. The number of hydrogen-bond acceptors (Lipinski definition) is 2. The molecule has 1 aromatic heterocycles. The van der Waals surface area contributed by atoms with E-state index in [-0.39, 0.29) is 5.41 Å². The molecule has 0 saturated carbocycles. The predicted molar refractivity (Wildman–Crippen MR) is 239 cm³/mol. The van der Waals surface area contributed by atoms with Crippen LogP contribution in [0.15, 0.2) is 194 Å². The number of benzene rings is 9. The fourth-order valence-corrected chi connectivity index (χ4v) is 9.22. The summed E-state index contributed by atoms with van der Waals surface area (Å²) in [7, 11) is 0. The Kier molecular flexibility index (Phi) is 7.55. The molecule has 9 aromatic carbocycles. The Balaban J connectivity index is 1.11. The molecule has 11 rings (SSSR count). The zero-order chi connectivity index (χ0) is 38.1. The number of fused-ring (bicyclic) bond motifs is 7. The first-order valence-corrected chi connectivity index (χ1v) is 19.7. The lowest BCUT2D eigenvalue weighted by Gasteiger charge is -2.21. The van der Waals surface area contributed by atoms with E-state index < -0.39 is 0 Å². The van der Waals surface area contributed by atoms with E-state index in [4.69, 9.17) is 9.97 Å². The Labute approximate surface area is 332 Å². The molecule has 0 saturated heterocycles. The Morgan fingerprint density at radius 1 is 0.333 bits per heavy atom. The predicted octanol–water partition coefficient (Wildman–Crippen LogP) is 14.6. The van der Waals surface area contributed by atoms with Gasteiger partial charge in [-0.25, -0.2) is 9.97 Å².